The summed E-state index contributed by atoms with van der Waals surface area (Å²) in [5, 5.41) is 20.8. The highest BCUT2D eigenvalue weighted by Gasteiger charge is 2.20. The van der Waals surface area contributed by atoms with Crippen LogP contribution in [0.1, 0.15) is 22.7 Å². The Morgan fingerprint density at radius 1 is 1.23 bits per heavy atom. The Bertz CT molecular complexity index is 771. The average Bonchev–Trinajstić information content (AvgIpc) is 2.99. The van der Waals surface area contributed by atoms with Gasteiger partial charge in [0, 0.05) is 17.7 Å². The summed E-state index contributed by atoms with van der Waals surface area (Å²) in [7, 11) is 0. The van der Waals surface area contributed by atoms with E-state index in [9.17, 15) is 15.2 Å². The fraction of sp³-hybridized carbons (Fsp3) is 0.125. The second-order valence-electron chi connectivity index (χ2n) is 5.20. The van der Waals surface area contributed by atoms with Crippen LogP contribution in [0.4, 0.5) is 5.69 Å². The van der Waals surface area contributed by atoms with E-state index in [-0.39, 0.29) is 17.5 Å². The minimum atomic E-state index is -0.414. The number of hydrogen-bond acceptors (Lipinski definition) is 5. The van der Waals surface area contributed by atoms with Gasteiger partial charge in [0.25, 0.3) is 5.69 Å². The fourth-order valence-corrected chi connectivity index (χ4v) is 2.44. The van der Waals surface area contributed by atoms with E-state index in [1.807, 2.05) is 31.2 Å². The predicted octanol–water partition coefficient (Wildman–Crippen LogP) is 2.80. The van der Waals surface area contributed by atoms with Gasteiger partial charge < -0.3 is 10.5 Å². The molecule has 1 aliphatic rings. The molecular weight excluding hydrogens is 282 g/mol. The summed E-state index contributed by atoms with van der Waals surface area (Å²) in [6, 6.07) is 11.6. The highest BCUT2D eigenvalue weighted by Crippen LogP contribution is 2.30. The van der Waals surface area contributed by atoms with Crippen molar-refractivity contribution in [2.75, 3.05) is 0 Å². The molecule has 0 aliphatic carbocycles. The summed E-state index contributed by atoms with van der Waals surface area (Å²) in [6.07, 6.45) is 1.90. The number of hydrazine groups is 1. The first kappa shape index (κ1) is 14.1. The summed E-state index contributed by atoms with van der Waals surface area (Å²) >= 11 is 0. The molecule has 0 amide bonds. The molecule has 0 radical (unpaired) electrons. The molecule has 112 valence electrons. The molecule has 0 aromatic heterocycles. The highest BCUT2D eigenvalue weighted by molar-refractivity contribution is 5.71. The van der Waals surface area contributed by atoms with Gasteiger partial charge in [-0.1, -0.05) is 23.8 Å². The Hall–Kier alpha value is -2.86. The van der Waals surface area contributed by atoms with Gasteiger partial charge in [-0.25, -0.2) is 5.43 Å². The van der Waals surface area contributed by atoms with Gasteiger partial charge in [-0.3, -0.25) is 10.1 Å². The molecule has 6 heteroatoms. The maximum Gasteiger partial charge on any atom is 0.269 e. The smallest absolute Gasteiger partial charge is 0.269 e. The van der Waals surface area contributed by atoms with Gasteiger partial charge in [-0.05, 0) is 30.7 Å². The summed E-state index contributed by atoms with van der Waals surface area (Å²) < 4.78 is 0. The number of phenols is 1. The van der Waals surface area contributed by atoms with Gasteiger partial charge in [-0.15, -0.1) is 0 Å². The number of rotatable bonds is 3. The van der Waals surface area contributed by atoms with Crippen molar-refractivity contribution >= 4 is 11.4 Å². The second kappa shape index (κ2) is 5.50. The van der Waals surface area contributed by atoms with E-state index in [0.717, 1.165) is 16.8 Å². The molecule has 3 N–H and O–H groups in total. The van der Waals surface area contributed by atoms with Gasteiger partial charge in [0.2, 0.25) is 0 Å². The molecular formula is C16H15N3O3. The lowest BCUT2D eigenvalue weighted by atomic mass is 10.0. The maximum absolute atomic E-state index is 10.9. The first-order valence-electron chi connectivity index (χ1n) is 6.82. The van der Waals surface area contributed by atoms with E-state index in [1.165, 1.54) is 12.1 Å². The largest absolute Gasteiger partial charge is 0.507 e. The Labute approximate surface area is 127 Å². The van der Waals surface area contributed by atoms with E-state index < -0.39 is 4.92 Å². The molecule has 0 unspecified atom stereocenters. The number of nitro groups is 1. The average molecular weight is 297 g/mol. The maximum atomic E-state index is 10.9. The zero-order chi connectivity index (χ0) is 15.7. The van der Waals surface area contributed by atoms with Crippen LogP contribution in [0.25, 0.3) is 5.70 Å². The standard InChI is InChI=1S/C16H15N3O3/c1-10-5-6-16(20)13(7-10)15-9-14(17-18-15)11-3-2-4-12(8-11)19(21)22/h2-9,14,17-18,20H,1H3/t14-/m1/s1. The van der Waals surface area contributed by atoms with Gasteiger partial charge in [0.05, 0.1) is 16.7 Å². The second-order valence-corrected chi connectivity index (χ2v) is 5.20. The van der Waals surface area contributed by atoms with Gasteiger partial charge >= 0.3 is 0 Å². The number of aromatic hydroxyl groups is 1. The van der Waals surface area contributed by atoms with E-state index in [1.54, 1.807) is 12.1 Å². The molecule has 1 heterocycles. The number of non-ortho nitro benzene ring substituents is 1. The number of benzene rings is 2. The molecule has 3 rings (SSSR count). The van der Waals surface area contributed by atoms with Crippen LogP contribution in [0.5, 0.6) is 5.75 Å². The van der Waals surface area contributed by atoms with Crippen molar-refractivity contribution < 1.29 is 10.0 Å². The Morgan fingerprint density at radius 2 is 2.05 bits per heavy atom. The third-order valence-electron chi connectivity index (χ3n) is 3.58. The summed E-state index contributed by atoms with van der Waals surface area (Å²) in [4.78, 5) is 10.4. The summed E-state index contributed by atoms with van der Waals surface area (Å²) in [6.45, 7) is 1.95. The zero-order valence-electron chi connectivity index (χ0n) is 11.9. The lowest BCUT2D eigenvalue weighted by Crippen LogP contribution is -2.26. The minimum absolute atomic E-state index is 0.0551. The lowest BCUT2D eigenvalue weighted by molar-refractivity contribution is -0.384. The van der Waals surface area contributed by atoms with Gasteiger partial charge in [0.1, 0.15) is 5.75 Å². The van der Waals surface area contributed by atoms with E-state index in [4.69, 9.17) is 0 Å². The van der Waals surface area contributed by atoms with Crippen molar-refractivity contribution in [3.8, 4) is 5.75 Å². The van der Waals surface area contributed by atoms with E-state index in [0.29, 0.717) is 5.56 Å². The van der Waals surface area contributed by atoms with Crippen LogP contribution in [-0.4, -0.2) is 10.0 Å². The minimum Gasteiger partial charge on any atom is -0.507 e. The monoisotopic (exact) mass is 297 g/mol. The number of hydrogen-bond donors (Lipinski definition) is 3. The molecule has 22 heavy (non-hydrogen) atoms. The molecule has 0 saturated carbocycles. The fourth-order valence-electron chi connectivity index (χ4n) is 2.44. The zero-order valence-corrected chi connectivity index (χ0v) is 11.9. The molecule has 2 aromatic carbocycles. The number of nitrogens with one attached hydrogen (secondary N) is 2. The molecule has 1 atom stereocenters. The Kier molecular flexibility index (Phi) is 3.52. The molecule has 0 bridgehead atoms. The van der Waals surface area contributed by atoms with Crippen molar-refractivity contribution in [1.82, 2.24) is 10.9 Å². The predicted molar refractivity (Wildman–Crippen MR) is 82.9 cm³/mol. The van der Waals surface area contributed by atoms with Crippen LogP contribution < -0.4 is 10.9 Å². The molecule has 2 aromatic rings. The Balaban J connectivity index is 1.93. The lowest BCUT2D eigenvalue weighted by Gasteiger charge is -2.09. The molecule has 6 nitrogen and oxygen atoms in total. The number of aryl methyl sites for hydroxylation is 1. The molecule has 1 aliphatic heterocycles. The third kappa shape index (κ3) is 2.64. The molecule has 0 spiro atoms. The van der Waals surface area contributed by atoms with Crippen LogP contribution >= 0.6 is 0 Å². The third-order valence-corrected chi connectivity index (χ3v) is 3.58. The summed E-state index contributed by atoms with van der Waals surface area (Å²) in [5.74, 6) is 0.186. The van der Waals surface area contributed by atoms with Crippen molar-refractivity contribution in [2.24, 2.45) is 0 Å². The first-order valence-corrected chi connectivity index (χ1v) is 6.82. The molecule has 0 saturated heterocycles. The Morgan fingerprint density at radius 3 is 2.82 bits per heavy atom. The van der Waals surface area contributed by atoms with Gasteiger partial charge in [-0.2, -0.15) is 0 Å². The highest BCUT2D eigenvalue weighted by atomic mass is 16.6. The normalized spacial score (nSPS) is 17.0. The number of nitro benzene ring substituents is 1. The van der Waals surface area contributed by atoms with Crippen molar-refractivity contribution in [2.45, 2.75) is 13.0 Å². The van der Waals surface area contributed by atoms with Crippen LogP contribution in [-0.2, 0) is 0 Å². The molecule has 0 fully saturated rings. The van der Waals surface area contributed by atoms with Gasteiger partial charge in [0.15, 0.2) is 0 Å². The van der Waals surface area contributed by atoms with Crippen LogP contribution in [0, 0.1) is 17.0 Å². The quantitative estimate of drug-likeness (QED) is 0.599. The number of phenolic OH excluding ortho intramolecular Hbond substituents is 1. The first-order chi connectivity index (χ1) is 10.5. The topological polar surface area (TPSA) is 87.4 Å². The van der Waals surface area contributed by atoms with Crippen molar-refractivity contribution in [1.29, 1.82) is 0 Å². The van der Waals surface area contributed by atoms with E-state index in [2.05, 4.69) is 10.9 Å². The van der Waals surface area contributed by atoms with Crippen molar-refractivity contribution in [3.63, 3.8) is 0 Å². The van der Waals surface area contributed by atoms with E-state index >= 15 is 0 Å². The van der Waals surface area contributed by atoms with Crippen LogP contribution in [0.15, 0.2) is 48.5 Å². The summed E-state index contributed by atoms with van der Waals surface area (Å²) in [5.41, 5.74) is 9.39. The number of nitrogens with zero attached hydrogens (tertiary/aromatic N) is 1. The van der Waals surface area contributed by atoms with Crippen LogP contribution in [0.3, 0.4) is 0 Å². The van der Waals surface area contributed by atoms with Crippen LogP contribution in [0.2, 0.25) is 0 Å². The SMILES string of the molecule is Cc1ccc(O)c(C2=C[C@H](c3cccc([N+](=O)[O-])c3)NN2)c1. The van der Waals surface area contributed by atoms with Crippen molar-refractivity contribution in [3.05, 3.63) is 75.3 Å².